The van der Waals surface area contributed by atoms with Crippen molar-refractivity contribution in [2.75, 3.05) is 0 Å². The Morgan fingerprint density at radius 1 is 1.21 bits per heavy atom. The third-order valence-electron chi connectivity index (χ3n) is 1.90. The summed E-state index contributed by atoms with van der Waals surface area (Å²) in [6, 6.07) is 0. The SMILES string of the molecule is Cc1ncc(C(F)(F)F)n1C(C)(C)C. The van der Waals surface area contributed by atoms with E-state index in [2.05, 4.69) is 4.98 Å². The van der Waals surface area contributed by atoms with Crippen molar-refractivity contribution >= 4 is 0 Å². The van der Waals surface area contributed by atoms with Crippen molar-refractivity contribution in [1.29, 1.82) is 0 Å². The van der Waals surface area contributed by atoms with Crippen molar-refractivity contribution in [2.45, 2.75) is 39.4 Å². The van der Waals surface area contributed by atoms with Gasteiger partial charge in [0.15, 0.2) is 0 Å². The van der Waals surface area contributed by atoms with Gasteiger partial charge < -0.3 is 4.57 Å². The summed E-state index contributed by atoms with van der Waals surface area (Å²) in [4.78, 5) is 3.69. The molecule has 1 heterocycles. The minimum absolute atomic E-state index is 0.379. The van der Waals surface area contributed by atoms with E-state index < -0.39 is 17.4 Å². The third-order valence-corrected chi connectivity index (χ3v) is 1.90. The van der Waals surface area contributed by atoms with E-state index >= 15 is 0 Å². The molecule has 0 saturated carbocycles. The second-order valence-electron chi connectivity index (χ2n) is 4.19. The first-order chi connectivity index (χ1) is 6.14. The van der Waals surface area contributed by atoms with Crippen LogP contribution in [0.3, 0.4) is 0 Å². The molecule has 0 saturated heterocycles. The highest BCUT2D eigenvalue weighted by molar-refractivity contribution is 5.11. The molecule has 14 heavy (non-hydrogen) atoms. The summed E-state index contributed by atoms with van der Waals surface area (Å²) in [5, 5.41) is 0. The van der Waals surface area contributed by atoms with E-state index in [9.17, 15) is 13.2 Å². The van der Waals surface area contributed by atoms with E-state index in [1.54, 1.807) is 27.7 Å². The van der Waals surface area contributed by atoms with Gasteiger partial charge in [-0.2, -0.15) is 13.2 Å². The van der Waals surface area contributed by atoms with Crippen molar-refractivity contribution in [3.05, 3.63) is 17.7 Å². The number of alkyl halides is 3. The van der Waals surface area contributed by atoms with Crippen LogP contribution in [0.5, 0.6) is 0 Å². The molecule has 0 spiro atoms. The van der Waals surface area contributed by atoms with E-state index in [0.717, 1.165) is 6.20 Å². The number of hydrogen-bond donors (Lipinski definition) is 0. The van der Waals surface area contributed by atoms with Crippen LogP contribution in [0.25, 0.3) is 0 Å². The normalized spacial score (nSPS) is 13.4. The molecule has 0 N–H and O–H groups in total. The summed E-state index contributed by atoms with van der Waals surface area (Å²) in [6.07, 6.45) is -3.46. The van der Waals surface area contributed by atoms with E-state index in [1.165, 1.54) is 4.57 Å². The number of rotatable bonds is 0. The first-order valence-corrected chi connectivity index (χ1v) is 4.26. The first kappa shape index (κ1) is 11.1. The molecule has 0 aromatic carbocycles. The molecule has 1 aromatic heterocycles. The second-order valence-corrected chi connectivity index (χ2v) is 4.19. The molecule has 1 aromatic rings. The maximum Gasteiger partial charge on any atom is 0.433 e. The van der Waals surface area contributed by atoms with Gasteiger partial charge in [-0.25, -0.2) is 4.98 Å². The van der Waals surface area contributed by atoms with Gasteiger partial charge in [-0.05, 0) is 27.7 Å². The zero-order valence-electron chi connectivity index (χ0n) is 8.61. The highest BCUT2D eigenvalue weighted by Crippen LogP contribution is 2.33. The molecule has 2 nitrogen and oxygen atoms in total. The minimum Gasteiger partial charge on any atom is -0.319 e. The number of hydrogen-bond acceptors (Lipinski definition) is 1. The lowest BCUT2D eigenvalue weighted by atomic mass is 10.1. The zero-order valence-corrected chi connectivity index (χ0v) is 8.61. The number of nitrogens with zero attached hydrogens (tertiary/aromatic N) is 2. The van der Waals surface area contributed by atoms with Crippen LogP contribution in [-0.4, -0.2) is 9.55 Å². The standard InChI is InChI=1S/C9H13F3N2/c1-6-13-5-7(9(10,11)12)14(6)8(2,3)4/h5H,1-4H3. The Morgan fingerprint density at radius 3 is 2.00 bits per heavy atom. The van der Waals surface area contributed by atoms with Gasteiger partial charge in [0.1, 0.15) is 11.5 Å². The summed E-state index contributed by atoms with van der Waals surface area (Å²) in [5.41, 5.74) is -1.30. The van der Waals surface area contributed by atoms with Crippen molar-refractivity contribution < 1.29 is 13.2 Å². The fourth-order valence-electron chi connectivity index (χ4n) is 1.49. The molecular formula is C9H13F3N2. The predicted molar refractivity (Wildman–Crippen MR) is 47.0 cm³/mol. The van der Waals surface area contributed by atoms with Crippen molar-refractivity contribution in [3.8, 4) is 0 Å². The van der Waals surface area contributed by atoms with Gasteiger partial charge in [-0.1, -0.05) is 0 Å². The lowest BCUT2D eigenvalue weighted by molar-refractivity contribution is -0.145. The van der Waals surface area contributed by atoms with Gasteiger partial charge in [-0.3, -0.25) is 0 Å². The van der Waals surface area contributed by atoms with Crippen molar-refractivity contribution in [1.82, 2.24) is 9.55 Å². The molecule has 80 valence electrons. The highest BCUT2D eigenvalue weighted by Gasteiger charge is 2.38. The van der Waals surface area contributed by atoms with Crippen LogP contribution in [0.15, 0.2) is 6.20 Å². The Kier molecular flexibility index (Phi) is 2.37. The molecule has 0 unspecified atom stereocenters. The topological polar surface area (TPSA) is 17.8 Å². The van der Waals surface area contributed by atoms with E-state index in [4.69, 9.17) is 0 Å². The second kappa shape index (κ2) is 3.00. The number of halogens is 3. The van der Waals surface area contributed by atoms with Crippen LogP contribution in [0.1, 0.15) is 32.3 Å². The average molecular weight is 206 g/mol. The third kappa shape index (κ3) is 1.91. The molecule has 1 rings (SSSR count). The van der Waals surface area contributed by atoms with Crippen LogP contribution in [0, 0.1) is 6.92 Å². The Balaban J connectivity index is 3.35. The summed E-state index contributed by atoms with van der Waals surface area (Å²) < 4.78 is 38.8. The monoisotopic (exact) mass is 206 g/mol. The van der Waals surface area contributed by atoms with Gasteiger partial charge in [0, 0.05) is 5.54 Å². The van der Waals surface area contributed by atoms with Crippen LogP contribution < -0.4 is 0 Å². The smallest absolute Gasteiger partial charge is 0.319 e. The van der Waals surface area contributed by atoms with E-state index in [-0.39, 0.29) is 0 Å². The predicted octanol–water partition coefficient (Wildman–Crippen LogP) is 2.97. The van der Waals surface area contributed by atoms with Gasteiger partial charge in [0.05, 0.1) is 6.20 Å². The quantitative estimate of drug-likeness (QED) is 0.638. The van der Waals surface area contributed by atoms with Crippen LogP contribution in [-0.2, 0) is 11.7 Å². The Labute approximate surface area is 80.8 Å². The Morgan fingerprint density at radius 2 is 1.71 bits per heavy atom. The van der Waals surface area contributed by atoms with Gasteiger partial charge in [0.25, 0.3) is 0 Å². The maximum atomic E-state index is 12.5. The molecular weight excluding hydrogens is 193 g/mol. The molecule has 5 heteroatoms. The summed E-state index contributed by atoms with van der Waals surface area (Å²) in [5.74, 6) is 0.379. The first-order valence-electron chi connectivity index (χ1n) is 4.26. The number of aromatic nitrogens is 2. The maximum absolute atomic E-state index is 12.5. The van der Waals surface area contributed by atoms with Crippen LogP contribution in [0.2, 0.25) is 0 Å². The van der Waals surface area contributed by atoms with Gasteiger partial charge in [0.2, 0.25) is 0 Å². The molecule has 0 fully saturated rings. The summed E-state index contributed by atoms with van der Waals surface area (Å²) >= 11 is 0. The lowest BCUT2D eigenvalue weighted by Crippen LogP contribution is -2.28. The largest absolute Gasteiger partial charge is 0.433 e. The molecule has 0 radical (unpaired) electrons. The lowest BCUT2D eigenvalue weighted by Gasteiger charge is -2.26. The fraction of sp³-hybridized carbons (Fsp3) is 0.667. The van der Waals surface area contributed by atoms with Crippen LogP contribution >= 0.6 is 0 Å². The van der Waals surface area contributed by atoms with Crippen molar-refractivity contribution in [2.24, 2.45) is 0 Å². The molecule has 0 bridgehead atoms. The van der Waals surface area contributed by atoms with Crippen molar-refractivity contribution in [3.63, 3.8) is 0 Å². The zero-order chi connectivity index (χ0) is 11.1. The highest BCUT2D eigenvalue weighted by atomic mass is 19.4. The van der Waals surface area contributed by atoms with Gasteiger partial charge in [-0.15, -0.1) is 0 Å². The van der Waals surface area contributed by atoms with E-state index in [1.807, 2.05) is 0 Å². The molecule has 0 aliphatic rings. The average Bonchev–Trinajstić information content (AvgIpc) is 2.27. The van der Waals surface area contributed by atoms with Crippen LogP contribution in [0.4, 0.5) is 13.2 Å². The number of imidazole rings is 1. The molecule has 0 amide bonds. The summed E-state index contributed by atoms with van der Waals surface area (Å²) in [7, 11) is 0. The molecule has 0 atom stereocenters. The fourth-order valence-corrected chi connectivity index (χ4v) is 1.49. The van der Waals surface area contributed by atoms with Gasteiger partial charge >= 0.3 is 6.18 Å². The summed E-state index contributed by atoms with van der Waals surface area (Å²) in [6.45, 7) is 6.73. The minimum atomic E-state index is -4.34. The van der Waals surface area contributed by atoms with E-state index in [0.29, 0.717) is 5.82 Å². The number of aryl methyl sites for hydroxylation is 1. The Bertz CT molecular complexity index is 331. The molecule has 0 aliphatic heterocycles. The Hall–Kier alpha value is -1.00. The molecule has 0 aliphatic carbocycles.